The van der Waals surface area contributed by atoms with Crippen LogP contribution in [-0.2, 0) is 4.79 Å². The molecule has 1 fully saturated rings. The van der Waals surface area contributed by atoms with Crippen LogP contribution in [0.3, 0.4) is 0 Å². The zero-order valence-corrected chi connectivity index (χ0v) is 14.2. The molecule has 1 aliphatic rings. The lowest BCUT2D eigenvalue weighted by atomic mass is 10.1. The van der Waals surface area contributed by atoms with Crippen molar-refractivity contribution in [3.05, 3.63) is 42.5 Å². The number of unbranched alkanes of at least 4 members (excludes halogenated alkanes) is 1. The van der Waals surface area contributed by atoms with E-state index in [2.05, 4.69) is 23.5 Å². The third-order valence-corrected chi connectivity index (χ3v) is 6.98. The van der Waals surface area contributed by atoms with E-state index in [1.54, 1.807) is 0 Å². The van der Waals surface area contributed by atoms with Crippen LogP contribution in [0, 0.1) is 0 Å². The van der Waals surface area contributed by atoms with Gasteiger partial charge in [0, 0.05) is 28.5 Å². The molecule has 1 saturated heterocycles. The van der Waals surface area contributed by atoms with E-state index >= 15 is 0 Å². The average molecular weight is 332 g/mol. The van der Waals surface area contributed by atoms with Gasteiger partial charge in [0.1, 0.15) is 0 Å². The molecule has 2 aromatic rings. The van der Waals surface area contributed by atoms with Gasteiger partial charge >= 0.3 is 0 Å². The van der Waals surface area contributed by atoms with Crippen molar-refractivity contribution in [2.75, 3.05) is 11.1 Å². The number of nitrogens with one attached hydrogen (secondary N) is 1. The molecule has 0 aliphatic carbocycles. The van der Waals surface area contributed by atoms with Gasteiger partial charge in [-0.1, -0.05) is 64.4 Å². The second-order valence-corrected chi connectivity index (χ2v) is 8.44. The highest BCUT2D eigenvalue weighted by Gasteiger charge is 2.15. The van der Waals surface area contributed by atoms with E-state index < -0.39 is 0 Å². The highest BCUT2D eigenvalue weighted by atomic mass is 33.1. The number of hydrogen-bond acceptors (Lipinski definition) is 3. The van der Waals surface area contributed by atoms with Crippen molar-refractivity contribution in [1.82, 2.24) is 0 Å². The zero-order valence-electron chi connectivity index (χ0n) is 12.6. The molecule has 0 bridgehead atoms. The number of hydrogen-bond donors (Lipinski definition) is 1. The third-order valence-electron chi connectivity index (χ3n) is 3.97. The van der Waals surface area contributed by atoms with E-state index in [1.165, 1.54) is 18.6 Å². The maximum atomic E-state index is 12.1. The lowest BCUT2D eigenvalue weighted by Gasteiger charge is -2.09. The zero-order chi connectivity index (χ0) is 15.2. The lowest BCUT2D eigenvalue weighted by molar-refractivity contribution is -0.116. The van der Waals surface area contributed by atoms with Crippen LogP contribution >= 0.6 is 21.6 Å². The molecule has 2 aromatic carbocycles. The van der Waals surface area contributed by atoms with Crippen molar-refractivity contribution in [2.24, 2.45) is 0 Å². The van der Waals surface area contributed by atoms with Crippen molar-refractivity contribution in [2.45, 2.75) is 37.4 Å². The molecule has 1 heterocycles. The molecule has 3 rings (SSSR count). The monoisotopic (exact) mass is 331 g/mol. The number of anilines is 1. The Balaban J connectivity index is 1.48. The average Bonchev–Trinajstić information content (AvgIpc) is 3.05. The van der Waals surface area contributed by atoms with Gasteiger partial charge in [-0.15, -0.1) is 0 Å². The minimum atomic E-state index is 0.129. The van der Waals surface area contributed by atoms with E-state index in [1.807, 2.05) is 45.9 Å². The Bertz CT molecular complexity index is 633. The Morgan fingerprint density at radius 3 is 2.86 bits per heavy atom. The molecule has 1 N–H and O–H groups in total. The molecule has 0 radical (unpaired) electrons. The number of benzene rings is 2. The Hall–Kier alpha value is -1.13. The van der Waals surface area contributed by atoms with Gasteiger partial charge in [0.05, 0.1) is 0 Å². The Morgan fingerprint density at radius 1 is 1.14 bits per heavy atom. The van der Waals surface area contributed by atoms with E-state index in [4.69, 9.17) is 0 Å². The molecule has 1 atom stereocenters. The SMILES string of the molecule is O=C(CCCCC1CCSS1)Nc1cccc2ccccc12. The summed E-state index contributed by atoms with van der Waals surface area (Å²) >= 11 is 0. The number of rotatable bonds is 6. The minimum Gasteiger partial charge on any atom is -0.326 e. The Labute approximate surface area is 139 Å². The highest BCUT2D eigenvalue weighted by molar-refractivity contribution is 8.77. The third kappa shape index (κ3) is 4.20. The molecule has 116 valence electrons. The standard InChI is InChI=1S/C18H21NOS2/c20-18(11-4-2-8-15-12-13-21-22-15)19-17-10-5-7-14-6-1-3-9-16(14)17/h1,3,5-7,9-10,15H,2,4,8,11-13H2,(H,19,20). The molecule has 1 aliphatic heterocycles. The van der Waals surface area contributed by atoms with Crippen LogP contribution in [0.15, 0.2) is 42.5 Å². The fraction of sp³-hybridized carbons (Fsp3) is 0.389. The number of carbonyl (C=O) groups excluding carboxylic acids is 1. The van der Waals surface area contributed by atoms with Gasteiger partial charge in [0.15, 0.2) is 0 Å². The predicted octanol–water partition coefficient (Wildman–Crippen LogP) is 5.49. The summed E-state index contributed by atoms with van der Waals surface area (Å²) in [5.74, 6) is 1.42. The predicted molar refractivity (Wildman–Crippen MR) is 99.5 cm³/mol. The topological polar surface area (TPSA) is 29.1 Å². The molecular weight excluding hydrogens is 310 g/mol. The molecule has 4 heteroatoms. The summed E-state index contributed by atoms with van der Waals surface area (Å²) in [6.07, 6.45) is 5.34. The normalized spacial score (nSPS) is 17.7. The summed E-state index contributed by atoms with van der Waals surface area (Å²) in [5, 5.41) is 6.15. The van der Waals surface area contributed by atoms with Crippen molar-refractivity contribution in [3.63, 3.8) is 0 Å². The van der Waals surface area contributed by atoms with Gasteiger partial charge in [0.25, 0.3) is 0 Å². The van der Waals surface area contributed by atoms with Crippen LogP contribution in [-0.4, -0.2) is 16.9 Å². The van der Waals surface area contributed by atoms with E-state index in [-0.39, 0.29) is 5.91 Å². The molecule has 1 unspecified atom stereocenters. The number of carbonyl (C=O) groups is 1. The fourth-order valence-corrected chi connectivity index (χ4v) is 5.80. The van der Waals surface area contributed by atoms with Gasteiger partial charge in [0.2, 0.25) is 5.91 Å². The first-order valence-electron chi connectivity index (χ1n) is 7.89. The van der Waals surface area contributed by atoms with Crippen LogP contribution < -0.4 is 5.32 Å². The second kappa shape index (κ2) is 7.93. The van der Waals surface area contributed by atoms with Gasteiger partial charge < -0.3 is 5.32 Å². The highest BCUT2D eigenvalue weighted by Crippen LogP contribution is 2.39. The summed E-state index contributed by atoms with van der Waals surface area (Å²) in [5.41, 5.74) is 0.922. The Morgan fingerprint density at radius 2 is 2.00 bits per heavy atom. The van der Waals surface area contributed by atoms with E-state index in [9.17, 15) is 4.79 Å². The maximum absolute atomic E-state index is 12.1. The summed E-state index contributed by atoms with van der Waals surface area (Å²) in [4.78, 5) is 12.1. The van der Waals surface area contributed by atoms with Crippen LogP contribution in [0.1, 0.15) is 32.1 Å². The first kappa shape index (κ1) is 15.8. The van der Waals surface area contributed by atoms with Gasteiger partial charge in [-0.05, 0) is 30.7 Å². The van der Waals surface area contributed by atoms with Crippen molar-refractivity contribution < 1.29 is 4.79 Å². The van der Waals surface area contributed by atoms with Gasteiger partial charge in [-0.3, -0.25) is 4.79 Å². The lowest BCUT2D eigenvalue weighted by Crippen LogP contribution is -2.11. The van der Waals surface area contributed by atoms with Crippen molar-refractivity contribution in [1.29, 1.82) is 0 Å². The first-order valence-corrected chi connectivity index (χ1v) is 10.3. The van der Waals surface area contributed by atoms with Gasteiger partial charge in [-0.2, -0.15) is 0 Å². The minimum absolute atomic E-state index is 0.129. The second-order valence-electron chi connectivity index (χ2n) is 5.65. The Kier molecular flexibility index (Phi) is 5.68. The quantitative estimate of drug-likeness (QED) is 0.560. The fourth-order valence-electron chi connectivity index (χ4n) is 2.77. The van der Waals surface area contributed by atoms with Crippen molar-refractivity contribution >= 4 is 44.0 Å². The molecule has 2 nitrogen and oxygen atoms in total. The molecule has 0 saturated carbocycles. The van der Waals surface area contributed by atoms with Crippen LogP contribution in [0.5, 0.6) is 0 Å². The van der Waals surface area contributed by atoms with E-state index in [0.29, 0.717) is 6.42 Å². The van der Waals surface area contributed by atoms with E-state index in [0.717, 1.165) is 34.6 Å². The summed E-state index contributed by atoms with van der Waals surface area (Å²) < 4.78 is 0. The molecule has 1 amide bonds. The smallest absolute Gasteiger partial charge is 0.224 e. The molecular formula is C18H21NOS2. The molecule has 0 spiro atoms. The largest absolute Gasteiger partial charge is 0.326 e. The molecule has 22 heavy (non-hydrogen) atoms. The van der Waals surface area contributed by atoms with Gasteiger partial charge in [-0.25, -0.2) is 0 Å². The molecule has 0 aromatic heterocycles. The summed E-state index contributed by atoms with van der Waals surface area (Å²) in [7, 11) is 4.01. The van der Waals surface area contributed by atoms with Crippen LogP contribution in [0.2, 0.25) is 0 Å². The van der Waals surface area contributed by atoms with Crippen molar-refractivity contribution in [3.8, 4) is 0 Å². The maximum Gasteiger partial charge on any atom is 0.224 e. The van der Waals surface area contributed by atoms with Crippen LogP contribution in [0.25, 0.3) is 10.8 Å². The first-order chi connectivity index (χ1) is 10.8. The number of fused-ring (bicyclic) bond motifs is 1. The van der Waals surface area contributed by atoms with Crippen LogP contribution in [0.4, 0.5) is 5.69 Å². The summed E-state index contributed by atoms with van der Waals surface area (Å²) in [6.45, 7) is 0. The summed E-state index contributed by atoms with van der Waals surface area (Å²) in [6, 6.07) is 14.2. The number of amides is 1.